The summed E-state index contributed by atoms with van der Waals surface area (Å²) in [6.45, 7) is 6.93. The Morgan fingerprint density at radius 1 is 1.09 bits per heavy atom. The summed E-state index contributed by atoms with van der Waals surface area (Å²) >= 11 is 1.70. The first-order chi connectivity index (χ1) is 15.6. The van der Waals surface area contributed by atoms with Crippen molar-refractivity contribution in [2.24, 2.45) is 0 Å². The SMILES string of the molecule is COc1ccccc1CNC(=O)C(C)N1CCN(Cc2csc(-c3ccccc3)n2)CC1. The molecule has 6 nitrogen and oxygen atoms in total. The van der Waals surface area contributed by atoms with Gasteiger partial charge in [0.05, 0.1) is 18.8 Å². The van der Waals surface area contributed by atoms with Crippen LogP contribution in [0.5, 0.6) is 5.75 Å². The number of aromatic nitrogens is 1. The number of carbonyl (C=O) groups excluding carboxylic acids is 1. The molecule has 0 spiro atoms. The highest BCUT2D eigenvalue weighted by molar-refractivity contribution is 7.13. The van der Waals surface area contributed by atoms with Crippen LogP contribution in [-0.4, -0.2) is 60.0 Å². The molecule has 1 fully saturated rings. The van der Waals surface area contributed by atoms with Gasteiger partial charge in [-0.25, -0.2) is 4.98 Å². The fourth-order valence-corrected chi connectivity index (χ4v) is 4.79. The summed E-state index contributed by atoms with van der Waals surface area (Å²) in [6.07, 6.45) is 0. The van der Waals surface area contributed by atoms with E-state index in [4.69, 9.17) is 9.72 Å². The number of nitrogens with zero attached hydrogens (tertiary/aromatic N) is 3. The second-order valence-corrected chi connectivity index (χ2v) is 8.89. The first-order valence-electron chi connectivity index (χ1n) is 11.0. The van der Waals surface area contributed by atoms with Crippen LogP contribution >= 0.6 is 11.3 Å². The molecule has 2 aromatic carbocycles. The Kier molecular flexibility index (Phi) is 7.52. The molecule has 1 N–H and O–H groups in total. The number of piperazine rings is 1. The van der Waals surface area contributed by atoms with E-state index in [0.29, 0.717) is 6.54 Å². The minimum atomic E-state index is -0.157. The van der Waals surface area contributed by atoms with Crippen LogP contribution < -0.4 is 10.1 Å². The van der Waals surface area contributed by atoms with E-state index >= 15 is 0 Å². The van der Waals surface area contributed by atoms with E-state index in [1.807, 2.05) is 49.4 Å². The molecule has 1 unspecified atom stereocenters. The van der Waals surface area contributed by atoms with Gasteiger partial charge < -0.3 is 10.1 Å². The molecule has 32 heavy (non-hydrogen) atoms. The van der Waals surface area contributed by atoms with Crippen molar-refractivity contribution in [2.75, 3.05) is 33.3 Å². The zero-order valence-corrected chi connectivity index (χ0v) is 19.5. The fraction of sp³-hybridized carbons (Fsp3) is 0.360. The van der Waals surface area contributed by atoms with E-state index in [2.05, 4.69) is 32.6 Å². The predicted octanol–water partition coefficient (Wildman–Crippen LogP) is 3.64. The van der Waals surface area contributed by atoms with Crippen LogP contribution in [0.15, 0.2) is 60.0 Å². The van der Waals surface area contributed by atoms with Gasteiger partial charge in [0.15, 0.2) is 0 Å². The zero-order chi connectivity index (χ0) is 22.3. The van der Waals surface area contributed by atoms with Gasteiger partial charge in [0.25, 0.3) is 0 Å². The lowest BCUT2D eigenvalue weighted by Crippen LogP contribution is -2.53. The molecular weight excluding hydrogens is 420 g/mol. The van der Waals surface area contributed by atoms with Crippen molar-refractivity contribution in [2.45, 2.75) is 26.1 Å². The number of ether oxygens (including phenoxy) is 1. The summed E-state index contributed by atoms with van der Waals surface area (Å²) < 4.78 is 5.37. The second-order valence-electron chi connectivity index (χ2n) is 8.03. The van der Waals surface area contributed by atoms with E-state index in [9.17, 15) is 4.79 Å². The summed E-state index contributed by atoms with van der Waals surface area (Å²) in [7, 11) is 1.65. The van der Waals surface area contributed by atoms with Crippen molar-refractivity contribution in [3.8, 4) is 16.3 Å². The quantitative estimate of drug-likeness (QED) is 0.568. The maximum Gasteiger partial charge on any atom is 0.237 e. The summed E-state index contributed by atoms with van der Waals surface area (Å²) in [4.78, 5) is 22.2. The Bertz CT molecular complexity index is 1020. The molecule has 1 saturated heterocycles. The molecule has 1 aliphatic heterocycles. The average molecular weight is 451 g/mol. The van der Waals surface area contributed by atoms with Gasteiger partial charge in [0.2, 0.25) is 5.91 Å². The maximum absolute atomic E-state index is 12.7. The van der Waals surface area contributed by atoms with Crippen LogP contribution in [0.4, 0.5) is 0 Å². The third kappa shape index (κ3) is 5.54. The maximum atomic E-state index is 12.7. The van der Waals surface area contributed by atoms with Gasteiger partial charge in [0.1, 0.15) is 10.8 Å². The molecule has 1 atom stereocenters. The predicted molar refractivity (Wildman–Crippen MR) is 129 cm³/mol. The molecule has 168 valence electrons. The summed E-state index contributed by atoms with van der Waals surface area (Å²) in [6, 6.07) is 17.9. The zero-order valence-electron chi connectivity index (χ0n) is 18.7. The smallest absolute Gasteiger partial charge is 0.237 e. The van der Waals surface area contributed by atoms with Crippen LogP contribution in [0, 0.1) is 0 Å². The Hall–Kier alpha value is -2.74. The van der Waals surface area contributed by atoms with Gasteiger partial charge in [-0.2, -0.15) is 0 Å². The van der Waals surface area contributed by atoms with E-state index < -0.39 is 0 Å². The lowest BCUT2D eigenvalue weighted by atomic mass is 10.1. The highest BCUT2D eigenvalue weighted by atomic mass is 32.1. The fourth-order valence-electron chi connectivity index (χ4n) is 3.98. The Morgan fingerprint density at radius 3 is 2.56 bits per heavy atom. The van der Waals surface area contributed by atoms with E-state index in [1.54, 1.807) is 18.4 Å². The van der Waals surface area contributed by atoms with Crippen LogP contribution in [0.2, 0.25) is 0 Å². The van der Waals surface area contributed by atoms with E-state index in [0.717, 1.165) is 54.7 Å². The molecule has 7 heteroatoms. The van der Waals surface area contributed by atoms with Gasteiger partial charge >= 0.3 is 0 Å². The molecular formula is C25H30N4O2S. The molecule has 3 aromatic rings. The lowest BCUT2D eigenvalue weighted by Gasteiger charge is -2.37. The number of methoxy groups -OCH3 is 1. The monoisotopic (exact) mass is 450 g/mol. The van der Waals surface area contributed by atoms with Gasteiger partial charge in [-0.05, 0) is 13.0 Å². The number of carbonyl (C=O) groups is 1. The van der Waals surface area contributed by atoms with Crippen LogP contribution in [0.3, 0.4) is 0 Å². The number of nitrogens with one attached hydrogen (secondary N) is 1. The number of hydrogen-bond acceptors (Lipinski definition) is 6. The Labute approximate surface area is 193 Å². The number of hydrogen-bond donors (Lipinski definition) is 1. The molecule has 0 aliphatic carbocycles. The van der Waals surface area contributed by atoms with Crippen LogP contribution in [-0.2, 0) is 17.9 Å². The largest absolute Gasteiger partial charge is 0.496 e. The van der Waals surface area contributed by atoms with E-state index in [1.165, 1.54) is 5.56 Å². The topological polar surface area (TPSA) is 57.7 Å². The molecule has 1 amide bonds. The van der Waals surface area contributed by atoms with Crippen molar-refractivity contribution in [1.29, 1.82) is 0 Å². The highest BCUT2D eigenvalue weighted by Crippen LogP contribution is 2.24. The van der Waals surface area contributed by atoms with E-state index in [-0.39, 0.29) is 11.9 Å². The molecule has 2 heterocycles. The number of para-hydroxylation sites is 1. The minimum Gasteiger partial charge on any atom is -0.496 e. The summed E-state index contributed by atoms with van der Waals surface area (Å²) in [5.41, 5.74) is 3.27. The van der Waals surface area contributed by atoms with Crippen molar-refractivity contribution in [3.05, 3.63) is 71.2 Å². The first-order valence-corrected chi connectivity index (χ1v) is 11.9. The van der Waals surface area contributed by atoms with Crippen molar-refractivity contribution in [3.63, 3.8) is 0 Å². The second kappa shape index (κ2) is 10.7. The standard InChI is InChI=1S/C25H30N4O2S/c1-19(24(30)26-16-21-10-6-7-11-23(21)31-2)29-14-12-28(13-15-29)17-22-18-32-25(27-22)20-8-4-3-5-9-20/h3-11,18-19H,12-17H2,1-2H3,(H,26,30). The molecule has 0 saturated carbocycles. The molecule has 1 aliphatic rings. The number of thiazole rings is 1. The minimum absolute atomic E-state index is 0.0522. The normalized spacial score (nSPS) is 15.9. The van der Waals surface area contributed by atoms with Crippen molar-refractivity contribution in [1.82, 2.24) is 20.1 Å². The number of rotatable bonds is 8. The number of benzene rings is 2. The van der Waals surface area contributed by atoms with Crippen molar-refractivity contribution >= 4 is 17.2 Å². The third-order valence-corrected chi connectivity index (χ3v) is 6.88. The molecule has 0 radical (unpaired) electrons. The van der Waals surface area contributed by atoms with Gasteiger partial charge in [0, 0.05) is 55.8 Å². The van der Waals surface area contributed by atoms with Gasteiger partial charge in [-0.1, -0.05) is 48.5 Å². The number of amides is 1. The Balaban J connectivity index is 1.24. The molecule has 1 aromatic heterocycles. The highest BCUT2D eigenvalue weighted by Gasteiger charge is 2.26. The van der Waals surface area contributed by atoms with Crippen LogP contribution in [0.1, 0.15) is 18.2 Å². The van der Waals surface area contributed by atoms with Crippen molar-refractivity contribution < 1.29 is 9.53 Å². The Morgan fingerprint density at radius 2 is 1.81 bits per heavy atom. The third-order valence-electron chi connectivity index (χ3n) is 5.94. The van der Waals surface area contributed by atoms with Crippen LogP contribution in [0.25, 0.3) is 10.6 Å². The first kappa shape index (κ1) is 22.5. The van der Waals surface area contributed by atoms with Gasteiger partial charge in [-0.15, -0.1) is 11.3 Å². The molecule has 0 bridgehead atoms. The van der Waals surface area contributed by atoms with Gasteiger partial charge in [-0.3, -0.25) is 14.6 Å². The summed E-state index contributed by atoms with van der Waals surface area (Å²) in [5, 5.41) is 6.28. The molecule has 4 rings (SSSR count). The lowest BCUT2D eigenvalue weighted by molar-refractivity contribution is -0.126. The average Bonchev–Trinajstić information content (AvgIpc) is 3.31. The summed E-state index contributed by atoms with van der Waals surface area (Å²) in [5.74, 6) is 0.850.